The molecular formula is C15H18N2O3. The topological polar surface area (TPSA) is 68.3 Å². The average molecular weight is 274 g/mol. The number of furan rings is 1. The van der Waals surface area contributed by atoms with Crippen molar-refractivity contribution >= 4 is 11.4 Å². The number of nitrogens with zero attached hydrogens (tertiary/aromatic N) is 1. The first-order valence-corrected chi connectivity index (χ1v) is 6.60. The predicted molar refractivity (Wildman–Crippen MR) is 77.9 cm³/mol. The Morgan fingerprint density at radius 1 is 1.40 bits per heavy atom. The zero-order chi connectivity index (χ0) is 14.5. The van der Waals surface area contributed by atoms with Gasteiger partial charge in [0.15, 0.2) is 0 Å². The minimum Gasteiger partial charge on any atom is -0.469 e. The van der Waals surface area contributed by atoms with Crippen LogP contribution in [0.1, 0.15) is 24.7 Å². The van der Waals surface area contributed by atoms with Crippen molar-refractivity contribution < 1.29 is 9.34 Å². The van der Waals surface area contributed by atoms with Crippen LogP contribution in [0.2, 0.25) is 0 Å². The Morgan fingerprint density at radius 2 is 2.20 bits per heavy atom. The van der Waals surface area contributed by atoms with Gasteiger partial charge in [-0.05, 0) is 38.0 Å². The summed E-state index contributed by atoms with van der Waals surface area (Å²) >= 11 is 0. The second kappa shape index (κ2) is 6.23. The maximum Gasteiger partial charge on any atom is 0.271 e. The molecule has 0 saturated carbocycles. The van der Waals surface area contributed by atoms with Crippen molar-refractivity contribution in [2.45, 2.75) is 32.7 Å². The Balaban J connectivity index is 1.98. The zero-order valence-electron chi connectivity index (χ0n) is 11.6. The molecule has 0 spiro atoms. The lowest BCUT2D eigenvalue weighted by Gasteiger charge is -2.16. The van der Waals surface area contributed by atoms with E-state index in [4.69, 9.17) is 4.42 Å². The van der Waals surface area contributed by atoms with Gasteiger partial charge in [-0.3, -0.25) is 10.1 Å². The highest BCUT2D eigenvalue weighted by molar-refractivity contribution is 5.57. The molecule has 2 rings (SSSR count). The van der Waals surface area contributed by atoms with E-state index in [-0.39, 0.29) is 16.7 Å². The number of benzene rings is 1. The highest BCUT2D eigenvalue weighted by Gasteiger charge is 2.11. The fourth-order valence-electron chi connectivity index (χ4n) is 2.03. The molecule has 0 amide bonds. The fourth-order valence-corrected chi connectivity index (χ4v) is 2.03. The summed E-state index contributed by atoms with van der Waals surface area (Å²) in [5.74, 6) is 0.953. The SMILES string of the molecule is Cc1ccc([N+](=O)[O-])cc1NC(C)CCc1ccco1. The third kappa shape index (κ3) is 3.60. The third-order valence-electron chi connectivity index (χ3n) is 3.24. The van der Waals surface area contributed by atoms with Crippen molar-refractivity contribution in [2.75, 3.05) is 5.32 Å². The molecule has 0 aliphatic carbocycles. The largest absolute Gasteiger partial charge is 0.469 e. The van der Waals surface area contributed by atoms with Crippen molar-refractivity contribution in [1.29, 1.82) is 0 Å². The van der Waals surface area contributed by atoms with Gasteiger partial charge in [-0.1, -0.05) is 6.07 Å². The summed E-state index contributed by atoms with van der Waals surface area (Å²) in [4.78, 5) is 10.4. The van der Waals surface area contributed by atoms with E-state index in [2.05, 4.69) is 12.2 Å². The van der Waals surface area contributed by atoms with Crippen LogP contribution in [0.25, 0.3) is 0 Å². The van der Waals surface area contributed by atoms with E-state index in [1.165, 1.54) is 6.07 Å². The van der Waals surface area contributed by atoms with Crippen molar-refractivity contribution in [3.63, 3.8) is 0 Å². The van der Waals surface area contributed by atoms with Gasteiger partial charge in [0.05, 0.1) is 11.2 Å². The monoisotopic (exact) mass is 274 g/mol. The maximum atomic E-state index is 10.8. The van der Waals surface area contributed by atoms with E-state index in [9.17, 15) is 10.1 Å². The van der Waals surface area contributed by atoms with Gasteiger partial charge in [-0.2, -0.15) is 0 Å². The van der Waals surface area contributed by atoms with Crippen LogP contribution in [0.3, 0.4) is 0 Å². The highest BCUT2D eigenvalue weighted by Crippen LogP contribution is 2.23. The van der Waals surface area contributed by atoms with Crippen molar-refractivity contribution in [3.8, 4) is 0 Å². The average Bonchev–Trinajstić information content (AvgIpc) is 2.92. The number of nitrogens with one attached hydrogen (secondary N) is 1. The van der Waals surface area contributed by atoms with Crippen molar-refractivity contribution in [2.24, 2.45) is 0 Å². The number of hydrogen-bond donors (Lipinski definition) is 1. The van der Waals surface area contributed by atoms with E-state index in [1.807, 2.05) is 19.1 Å². The summed E-state index contributed by atoms with van der Waals surface area (Å²) in [7, 11) is 0. The summed E-state index contributed by atoms with van der Waals surface area (Å²) in [6.45, 7) is 3.99. The molecule has 1 N–H and O–H groups in total. The molecular weight excluding hydrogens is 256 g/mol. The Kier molecular flexibility index (Phi) is 4.40. The molecule has 0 saturated heterocycles. The van der Waals surface area contributed by atoms with Crippen LogP contribution in [-0.4, -0.2) is 11.0 Å². The van der Waals surface area contributed by atoms with Crippen LogP contribution >= 0.6 is 0 Å². The Bertz CT molecular complexity index is 579. The van der Waals surface area contributed by atoms with Crippen molar-refractivity contribution in [3.05, 3.63) is 58.0 Å². The molecule has 1 aromatic carbocycles. The predicted octanol–water partition coefficient (Wildman–Crippen LogP) is 3.93. The van der Waals surface area contributed by atoms with Gasteiger partial charge in [0.25, 0.3) is 5.69 Å². The van der Waals surface area contributed by atoms with E-state index >= 15 is 0 Å². The lowest BCUT2D eigenvalue weighted by molar-refractivity contribution is -0.384. The summed E-state index contributed by atoms with van der Waals surface area (Å²) < 4.78 is 5.29. The number of hydrogen-bond acceptors (Lipinski definition) is 4. The Hall–Kier alpha value is -2.30. The zero-order valence-corrected chi connectivity index (χ0v) is 11.6. The molecule has 2 aromatic rings. The summed E-state index contributed by atoms with van der Waals surface area (Å²) in [6, 6.07) is 8.90. The fraction of sp³-hybridized carbons (Fsp3) is 0.333. The molecule has 106 valence electrons. The smallest absolute Gasteiger partial charge is 0.271 e. The second-order valence-electron chi connectivity index (χ2n) is 4.92. The first kappa shape index (κ1) is 14.1. The minimum atomic E-state index is -0.377. The standard InChI is InChI=1S/C15H18N2O3/c1-11-5-7-13(17(18)19)10-15(11)16-12(2)6-8-14-4-3-9-20-14/h3-5,7,9-10,12,16H,6,8H2,1-2H3. The van der Waals surface area contributed by atoms with Crippen LogP contribution in [0, 0.1) is 17.0 Å². The summed E-state index contributed by atoms with van der Waals surface area (Å²) in [5.41, 5.74) is 1.92. The first-order chi connectivity index (χ1) is 9.56. The van der Waals surface area contributed by atoms with Crippen LogP contribution < -0.4 is 5.32 Å². The minimum absolute atomic E-state index is 0.108. The number of aryl methyl sites for hydroxylation is 2. The molecule has 0 bridgehead atoms. The third-order valence-corrected chi connectivity index (χ3v) is 3.24. The van der Waals surface area contributed by atoms with Crippen LogP contribution in [0.4, 0.5) is 11.4 Å². The molecule has 0 aliphatic rings. The number of nitro groups is 1. The molecule has 5 nitrogen and oxygen atoms in total. The second-order valence-corrected chi connectivity index (χ2v) is 4.92. The van der Waals surface area contributed by atoms with Crippen molar-refractivity contribution in [1.82, 2.24) is 0 Å². The molecule has 0 radical (unpaired) electrons. The molecule has 1 heterocycles. The molecule has 0 aliphatic heterocycles. The lowest BCUT2D eigenvalue weighted by Crippen LogP contribution is -2.16. The highest BCUT2D eigenvalue weighted by atomic mass is 16.6. The van der Waals surface area contributed by atoms with Gasteiger partial charge < -0.3 is 9.73 Å². The van der Waals surface area contributed by atoms with Gasteiger partial charge in [0, 0.05) is 30.3 Å². The Labute approximate surface area is 117 Å². The molecule has 20 heavy (non-hydrogen) atoms. The quantitative estimate of drug-likeness (QED) is 0.640. The molecule has 0 fully saturated rings. The summed E-state index contributed by atoms with van der Waals surface area (Å²) in [5, 5.41) is 14.1. The van der Waals surface area contributed by atoms with Gasteiger partial charge in [-0.15, -0.1) is 0 Å². The molecule has 5 heteroatoms. The number of nitro benzene ring substituents is 1. The molecule has 1 aromatic heterocycles. The molecule has 1 unspecified atom stereocenters. The summed E-state index contributed by atoms with van der Waals surface area (Å²) in [6.07, 6.45) is 3.41. The van der Waals surface area contributed by atoms with Gasteiger partial charge in [-0.25, -0.2) is 0 Å². The number of rotatable bonds is 6. The number of anilines is 1. The van der Waals surface area contributed by atoms with E-state index in [0.717, 1.165) is 29.9 Å². The molecule has 1 atom stereocenters. The Morgan fingerprint density at radius 3 is 2.85 bits per heavy atom. The first-order valence-electron chi connectivity index (χ1n) is 6.60. The lowest BCUT2D eigenvalue weighted by atomic mass is 10.1. The van der Waals surface area contributed by atoms with E-state index < -0.39 is 0 Å². The van der Waals surface area contributed by atoms with E-state index in [1.54, 1.807) is 18.4 Å². The van der Waals surface area contributed by atoms with Crippen LogP contribution in [-0.2, 0) is 6.42 Å². The van der Waals surface area contributed by atoms with Gasteiger partial charge in [0.2, 0.25) is 0 Å². The number of non-ortho nitro benzene ring substituents is 1. The van der Waals surface area contributed by atoms with Gasteiger partial charge >= 0.3 is 0 Å². The van der Waals surface area contributed by atoms with Crippen LogP contribution in [0.15, 0.2) is 41.0 Å². The maximum absolute atomic E-state index is 10.8. The van der Waals surface area contributed by atoms with Crippen LogP contribution in [0.5, 0.6) is 0 Å². The van der Waals surface area contributed by atoms with Gasteiger partial charge in [0.1, 0.15) is 5.76 Å². The normalized spacial score (nSPS) is 12.1. The van der Waals surface area contributed by atoms with E-state index in [0.29, 0.717) is 0 Å².